The van der Waals surface area contributed by atoms with Crippen LogP contribution in [0.3, 0.4) is 0 Å². The lowest BCUT2D eigenvalue weighted by molar-refractivity contribution is -0.124. The molecule has 0 aliphatic carbocycles. The molecule has 0 spiro atoms. The molecule has 2 rings (SSSR count). The van der Waals surface area contributed by atoms with E-state index in [2.05, 4.69) is 15.9 Å². The van der Waals surface area contributed by atoms with E-state index in [0.29, 0.717) is 21.5 Å². The van der Waals surface area contributed by atoms with Crippen LogP contribution in [0.1, 0.15) is 11.1 Å². The number of benzene rings is 2. The van der Waals surface area contributed by atoms with Crippen LogP contribution in [0.15, 0.2) is 46.4 Å². The minimum atomic E-state index is -0.385. The largest absolute Gasteiger partial charge is 0.493 e. The Labute approximate surface area is 165 Å². The number of halogens is 2. The molecule has 0 aromatic heterocycles. The third-order valence-electron chi connectivity index (χ3n) is 3.62. The van der Waals surface area contributed by atoms with E-state index >= 15 is 0 Å². The molecule has 0 unspecified atom stereocenters. The van der Waals surface area contributed by atoms with Crippen molar-refractivity contribution >= 4 is 27.9 Å². The van der Waals surface area contributed by atoms with E-state index in [4.69, 9.17) is 9.47 Å². The van der Waals surface area contributed by atoms with Crippen molar-refractivity contribution in [3.63, 3.8) is 0 Å². The molecule has 2 aromatic rings. The third kappa shape index (κ3) is 5.31. The molecule has 0 radical (unpaired) electrons. The third-order valence-corrected chi connectivity index (χ3v) is 4.21. The smallest absolute Gasteiger partial charge is 0.264 e. The lowest BCUT2D eigenvalue weighted by Crippen LogP contribution is -2.22. The monoisotopic (exact) mass is 432 g/mol. The van der Waals surface area contributed by atoms with Crippen LogP contribution < -0.4 is 9.47 Å². The first kappa shape index (κ1) is 20.5. The maximum absolute atomic E-state index is 13.0. The van der Waals surface area contributed by atoms with Gasteiger partial charge in [0.1, 0.15) is 24.1 Å². The van der Waals surface area contributed by atoms with Crippen LogP contribution in [-0.4, -0.2) is 32.0 Å². The lowest BCUT2D eigenvalue weighted by Gasteiger charge is -2.14. The average molecular weight is 433 g/mol. The fourth-order valence-corrected chi connectivity index (χ4v) is 2.82. The number of nitriles is 1. The van der Waals surface area contributed by atoms with Crippen molar-refractivity contribution in [2.75, 3.05) is 21.2 Å². The summed E-state index contributed by atoms with van der Waals surface area (Å²) in [4.78, 5) is 13.3. The quantitative estimate of drug-likeness (QED) is 0.507. The van der Waals surface area contributed by atoms with Crippen molar-refractivity contribution in [3.05, 3.63) is 63.4 Å². The zero-order valence-electron chi connectivity index (χ0n) is 15.1. The van der Waals surface area contributed by atoms with Crippen molar-refractivity contribution in [2.24, 2.45) is 0 Å². The van der Waals surface area contributed by atoms with E-state index < -0.39 is 0 Å². The van der Waals surface area contributed by atoms with E-state index in [0.717, 1.165) is 5.56 Å². The highest BCUT2D eigenvalue weighted by Crippen LogP contribution is 2.37. The summed E-state index contributed by atoms with van der Waals surface area (Å²) in [5, 5.41) is 9.23. The molecule has 0 saturated heterocycles. The maximum atomic E-state index is 13.0. The summed E-state index contributed by atoms with van der Waals surface area (Å²) < 4.78 is 24.8. The first-order valence-corrected chi connectivity index (χ1v) is 8.73. The first-order chi connectivity index (χ1) is 12.8. The van der Waals surface area contributed by atoms with Crippen molar-refractivity contribution in [2.45, 2.75) is 6.61 Å². The second-order valence-corrected chi connectivity index (χ2v) is 6.67. The number of carbonyl (C=O) groups is 1. The minimum absolute atomic E-state index is 0.00827. The maximum Gasteiger partial charge on any atom is 0.264 e. The fourth-order valence-electron chi connectivity index (χ4n) is 2.25. The molecule has 2 aromatic carbocycles. The molecule has 0 aliphatic rings. The number of likely N-dealkylation sites (N-methyl/N-ethyl adjacent to an activating group) is 1. The van der Waals surface area contributed by atoms with Gasteiger partial charge in [0.2, 0.25) is 0 Å². The molecular formula is C20H18BrFN2O3. The standard InChI is InChI=1S/C20H18BrFN2O3/c1-24(2)20(25)15(11-23)8-14-9-17(21)19(18(10-14)26-3)27-12-13-4-6-16(22)7-5-13/h4-10H,12H2,1-3H3/b15-8-. The summed E-state index contributed by atoms with van der Waals surface area (Å²) in [6.07, 6.45) is 1.49. The van der Waals surface area contributed by atoms with Crippen LogP contribution in [-0.2, 0) is 11.4 Å². The predicted octanol–water partition coefficient (Wildman–Crippen LogP) is 4.17. The van der Waals surface area contributed by atoms with Gasteiger partial charge >= 0.3 is 0 Å². The summed E-state index contributed by atoms with van der Waals surface area (Å²) in [5.41, 5.74) is 1.42. The second-order valence-electron chi connectivity index (χ2n) is 5.82. The highest BCUT2D eigenvalue weighted by Gasteiger charge is 2.15. The Kier molecular flexibility index (Phi) is 6.97. The Balaban J connectivity index is 2.30. The number of ether oxygens (including phenoxy) is 2. The number of hydrogen-bond acceptors (Lipinski definition) is 4. The number of nitrogens with zero attached hydrogens (tertiary/aromatic N) is 2. The van der Waals surface area contributed by atoms with Crippen molar-refractivity contribution in [1.29, 1.82) is 5.26 Å². The summed E-state index contributed by atoms with van der Waals surface area (Å²) in [5.74, 6) is 0.210. The molecule has 5 nitrogen and oxygen atoms in total. The SMILES string of the molecule is COc1cc(/C=C(/C#N)C(=O)N(C)C)cc(Br)c1OCc1ccc(F)cc1. The Hall–Kier alpha value is -2.85. The van der Waals surface area contributed by atoms with Gasteiger partial charge in [-0.3, -0.25) is 4.79 Å². The van der Waals surface area contributed by atoms with E-state index in [1.165, 1.54) is 30.2 Å². The fraction of sp³-hybridized carbons (Fsp3) is 0.200. The Morgan fingerprint density at radius 3 is 2.52 bits per heavy atom. The zero-order chi connectivity index (χ0) is 20.0. The lowest BCUT2D eigenvalue weighted by atomic mass is 10.1. The molecule has 140 valence electrons. The summed E-state index contributed by atoms with van der Waals surface area (Å²) in [6, 6.07) is 11.3. The van der Waals surface area contributed by atoms with Gasteiger partial charge in [0.15, 0.2) is 11.5 Å². The number of hydrogen-bond donors (Lipinski definition) is 0. The Morgan fingerprint density at radius 2 is 1.96 bits per heavy atom. The van der Waals surface area contributed by atoms with Gasteiger partial charge < -0.3 is 14.4 Å². The molecule has 0 fully saturated rings. The number of methoxy groups -OCH3 is 1. The van der Waals surface area contributed by atoms with Gasteiger partial charge in [-0.2, -0.15) is 5.26 Å². The van der Waals surface area contributed by atoms with E-state index in [9.17, 15) is 14.4 Å². The molecule has 0 aliphatic heterocycles. The van der Waals surface area contributed by atoms with Gasteiger partial charge in [0.25, 0.3) is 5.91 Å². The molecule has 27 heavy (non-hydrogen) atoms. The Morgan fingerprint density at radius 1 is 1.30 bits per heavy atom. The molecule has 7 heteroatoms. The van der Waals surface area contributed by atoms with Gasteiger partial charge in [0, 0.05) is 14.1 Å². The van der Waals surface area contributed by atoms with Gasteiger partial charge in [0.05, 0.1) is 11.6 Å². The second kappa shape index (κ2) is 9.19. The summed E-state index contributed by atoms with van der Waals surface area (Å²) in [7, 11) is 4.66. The van der Waals surface area contributed by atoms with Gasteiger partial charge in [-0.05, 0) is 57.4 Å². The minimum Gasteiger partial charge on any atom is -0.493 e. The topological polar surface area (TPSA) is 62.6 Å². The van der Waals surface area contributed by atoms with Crippen LogP contribution in [0, 0.1) is 17.1 Å². The van der Waals surface area contributed by atoms with Gasteiger partial charge in [-0.1, -0.05) is 12.1 Å². The number of rotatable bonds is 6. The molecule has 1 amide bonds. The molecular weight excluding hydrogens is 415 g/mol. The van der Waals surface area contributed by atoms with Crippen molar-refractivity contribution < 1.29 is 18.7 Å². The molecule has 0 bridgehead atoms. The zero-order valence-corrected chi connectivity index (χ0v) is 16.7. The predicted molar refractivity (Wildman–Crippen MR) is 104 cm³/mol. The van der Waals surface area contributed by atoms with E-state index in [-0.39, 0.29) is 23.9 Å². The number of amides is 1. The Bertz CT molecular complexity index is 903. The van der Waals surface area contributed by atoms with E-state index in [1.807, 2.05) is 6.07 Å². The highest BCUT2D eigenvalue weighted by atomic mass is 79.9. The highest BCUT2D eigenvalue weighted by molar-refractivity contribution is 9.10. The van der Waals surface area contributed by atoms with Crippen LogP contribution in [0.5, 0.6) is 11.5 Å². The summed E-state index contributed by atoms with van der Waals surface area (Å²) >= 11 is 3.43. The summed E-state index contributed by atoms with van der Waals surface area (Å²) in [6.45, 7) is 0.229. The normalized spacial score (nSPS) is 10.9. The molecule has 0 atom stereocenters. The van der Waals surface area contributed by atoms with Gasteiger partial charge in [-0.15, -0.1) is 0 Å². The van der Waals surface area contributed by atoms with Crippen LogP contribution >= 0.6 is 15.9 Å². The number of carbonyl (C=O) groups excluding carboxylic acids is 1. The van der Waals surface area contributed by atoms with Gasteiger partial charge in [-0.25, -0.2) is 4.39 Å². The van der Waals surface area contributed by atoms with Crippen molar-refractivity contribution in [3.8, 4) is 17.6 Å². The van der Waals surface area contributed by atoms with Crippen LogP contribution in [0.25, 0.3) is 6.08 Å². The van der Waals surface area contributed by atoms with Crippen LogP contribution in [0.2, 0.25) is 0 Å². The molecule has 0 N–H and O–H groups in total. The molecule has 0 heterocycles. The first-order valence-electron chi connectivity index (χ1n) is 7.94. The van der Waals surface area contributed by atoms with Crippen molar-refractivity contribution in [1.82, 2.24) is 4.90 Å². The van der Waals surface area contributed by atoms with E-state index in [1.54, 1.807) is 38.4 Å². The molecule has 0 saturated carbocycles. The average Bonchev–Trinajstić information content (AvgIpc) is 2.65. The van der Waals surface area contributed by atoms with Crippen LogP contribution in [0.4, 0.5) is 4.39 Å².